The van der Waals surface area contributed by atoms with Gasteiger partial charge in [-0.05, 0) is 25.5 Å². The van der Waals surface area contributed by atoms with Crippen molar-refractivity contribution in [3.8, 4) is 0 Å². The summed E-state index contributed by atoms with van der Waals surface area (Å²) in [6, 6.07) is 4.27. The molecule has 1 heteroatoms. The van der Waals surface area contributed by atoms with E-state index in [0.29, 0.717) is 0 Å². The molecule has 0 aromatic carbocycles. The normalized spacial score (nSPS) is 10.0. The van der Waals surface area contributed by atoms with Gasteiger partial charge in [0.25, 0.3) is 0 Å². The Morgan fingerprint density at radius 3 is 2.67 bits per heavy atom. The minimum absolute atomic E-state index is 1.17. The first-order valence-electron chi connectivity index (χ1n) is 3.47. The maximum Gasteiger partial charge on any atom is 0.0149 e. The van der Waals surface area contributed by atoms with E-state index in [0.717, 1.165) is 0 Å². The second kappa shape index (κ2) is 2.72. The Balaban J connectivity index is 2.61. The Morgan fingerprint density at radius 1 is 1.44 bits per heavy atom. The SMILES string of the molecule is CCCc1ccc(C)[nH]1. The molecule has 0 spiro atoms. The Kier molecular flexibility index (Phi) is 1.93. The molecule has 1 N–H and O–H groups in total. The molecule has 50 valence electrons. The monoisotopic (exact) mass is 123 g/mol. The van der Waals surface area contributed by atoms with Crippen LogP contribution in [0.5, 0.6) is 0 Å². The van der Waals surface area contributed by atoms with Crippen molar-refractivity contribution in [3.05, 3.63) is 23.5 Å². The Morgan fingerprint density at radius 2 is 2.22 bits per heavy atom. The maximum absolute atomic E-state index is 3.28. The summed E-state index contributed by atoms with van der Waals surface area (Å²) in [6.45, 7) is 4.27. The van der Waals surface area contributed by atoms with E-state index in [4.69, 9.17) is 0 Å². The summed E-state index contributed by atoms with van der Waals surface area (Å²) < 4.78 is 0. The van der Waals surface area contributed by atoms with Crippen LogP contribution in [-0.2, 0) is 6.42 Å². The first-order chi connectivity index (χ1) is 4.33. The minimum atomic E-state index is 1.17. The summed E-state index contributed by atoms with van der Waals surface area (Å²) in [6.07, 6.45) is 2.40. The summed E-state index contributed by atoms with van der Waals surface area (Å²) in [7, 11) is 0. The number of aromatic amines is 1. The van der Waals surface area contributed by atoms with Crippen molar-refractivity contribution < 1.29 is 0 Å². The largest absolute Gasteiger partial charge is 0.363 e. The third-order valence-electron chi connectivity index (χ3n) is 1.41. The standard InChI is InChI=1S/C8H13N/c1-3-4-8-6-5-7(2)9-8/h5-6,9H,3-4H2,1-2H3. The van der Waals surface area contributed by atoms with Gasteiger partial charge in [-0.25, -0.2) is 0 Å². The van der Waals surface area contributed by atoms with Gasteiger partial charge in [0.2, 0.25) is 0 Å². The first-order valence-corrected chi connectivity index (χ1v) is 3.47. The van der Waals surface area contributed by atoms with Gasteiger partial charge in [-0.15, -0.1) is 0 Å². The molecular weight excluding hydrogens is 110 g/mol. The molecule has 1 heterocycles. The van der Waals surface area contributed by atoms with E-state index in [1.165, 1.54) is 24.2 Å². The zero-order valence-corrected chi connectivity index (χ0v) is 6.07. The number of aromatic nitrogens is 1. The van der Waals surface area contributed by atoms with Crippen LogP contribution in [0.2, 0.25) is 0 Å². The fourth-order valence-electron chi connectivity index (χ4n) is 0.977. The Labute approximate surface area is 56.1 Å². The first kappa shape index (κ1) is 6.40. The summed E-state index contributed by atoms with van der Waals surface area (Å²) in [5.41, 5.74) is 2.62. The lowest BCUT2D eigenvalue weighted by Gasteiger charge is -1.89. The molecule has 0 saturated carbocycles. The van der Waals surface area contributed by atoms with Crippen molar-refractivity contribution in [2.75, 3.05) is 0 Å². The molecule has 0 aliphatic heterocycles. The molecule has 1 aromatic heterocycles. The van der Waals surface area contributed by atoms with Crippen molar-refractivity contribution in [2.45, 2.75) is 26.7 Å². The van der Waals surface area contributed by atoms with Gasteiger partial charge < -0.3 is 4.98 Å². The van der Waals surface area contributed by atoms with Crippen LogP contribution in [0.15, 0.2) is 12.1 Å². The summed E-state index contributed by atoms with van der Waals surface area (Å²) in [5.74, 6) is 0. The Hall–Kier alpha value is -0.720. The van der Waals surface area contributed by atoms with Crippen molar-refractivity contribution in [3.63, 3.8) is 0 Å². The van der Waals surface area contributed by atoms with Gasteiger partial charge >= 0.3 is 0 Å². The van der Waals surface area contributed by atoms with Crippen LogP contribution in [0.4, 0.5) is 0 Å². The molecule has 0 bridgehead atoms. The highest BCUT2D eigenvalue weighted by atomic mass is 14.7. The molecule has 1 rings (SSSR count). The van der Waals surface area contributed by atoms with Crippen LogP contribution >= 0.6 is 0 Å². The van der Waals surface area contributed by atoms with E-state index in [9.17, 15) is 0 Å². The smallest absolute Gasteiger partial charge is 0.0149 e. The summed E-state index contributed by atoms with van der Waals surface area (Å²) in [5, 5.41) is 0. The van der Waals surface area contributed by atoms with Crippen LogP contribution in [0.3, 0.4) is 0 Å². The topological polar surface area (TPSA) is 15.8 Å². The van der Waals surface area contributed by atoms with E-state index in [1.807, 2.05) is 0 Å². The third kappa shape index (κ3) is 1.60. The number of hydrogen-bond acceptors (Lipinski definition) is 0. The van der Waals surface area contributed by atoms with Gasteiger partial charge in [-0.2, -0.15) is 0 Å². The molecule has 1 nitrogen and oxygen atoms in total. The van der Waals surface area contributed by atoms with E-state index in [2.05, 4.69) is 31.0 Å². The molecule has 0 unspecified atom stereocenters. The predicted molar refractivity (Wildman–Crippen MR) is 39.5 cm³/mol. The average molecular weight is 123 g/mol. The van der Waals surface area contributed by atoms with Crippen LogP contribution in [0.25, 0.3) is 0 Å². The van der Waals surface area contributed by atoms with Gasteiger partial charge in [-0.1, -0.05) is 13.3 Å². The fraction of sp³-hybridized carbons (Fsp3) is 0.500. The molecule has 0 radical (unpaired) electrons. The molecule has 9 heavy (non-hydrogen) atoms. The second-order valence-corrected chi connectivity index (χ2v) is 2.42. The number of rotatable bonds is 2. The molecule has 0 amide bonds. The number of aryl methyl sites for hydroxylation is 2. The number of hydrogen-bond donors (Lipinski definition) is 1. The van der Waals surface area contributed by atoms with Gasteiger partial charge in [0.15, 0.2) is 0 Å². The van der Waals surface area contributed by atoms with Crippen molar-refractivity contribution >= 4 is 0 Å². The lowest BCUT2D eigenvalue weighted by atomic mass is 10.3. The summed E-state index contributed by atoms with van der Waals surface area (Å²) in [4.78, 5) is 3.28. The minimum Gasteiger partial charge on any atom is -0.363 e. The average Bonchev–Trinajstić information content (AvgIpc) is 2.17. The molecule has 1 aromatic rings. The third-order valence-corrected chi connectivity index (χ3v) is 1.41. The number of H-pyrrole nitrogens is 1. The van der Waals surface area contributed by atoms with Crippen LogP contribution < -0.4 is 0 Å². The number of nitrogens with one attached hydrogen (secondary N) is 1. The zero-order chi connectivity index (χ0) is 6.69. The second-order valence-electron chi connectivity index (χ2n) is 2.42. The fourth-order valence-corrected chi connectivity index (χ4v) is 0.977. The molecular formula is C8H13N. The molecule has 0 fully saturated rings. The molecule has 0 aliphatic carbocycles. The van der Waals surface area contributed by atoms with E-state index in [-0.39, 0.29) is 0 Å². The van der Waals surface area contributed by atoms with E-state index >= 15 is 0 Å². The highest BCUT2D eigenvalue weighted by Gasteiger charge is 1.90. The molecule has 0 atom stereocenters. The Bertz CT molecular complexity index is 176. The van der Waals surface area contributed by atoms with E-state index < -0.39 is 0 Å². The summed E-state index contributed by atoms with van der Waals surface area (Å²) >= 11 is 0. The zero-order valence-electron chi connectivity index (χ0n) is 6.07. The van der Waals surface area contributed by atoms with Gasteiger partial charge in [0.05, 0.1) is 0 Å². The van der Waals surface area contributed by atoms with Gasteiger partial charge in [0.1, 0.15) is 0 Å². The predicted octanol–water partition coefficient (Wildman–Crippen LogP) is 2.28. The van der Waals surface area contributed by atoms with Crippen molar-refractivity contribution in [2.24, 2.45) is 0 Å². The lowest BCUT2D eigenvalue weighted by molar-refractivity contribution is 0.888. The van der Waals surface area contributed by atoms with Gasteiger partial charge in [-0.3, -0.25) is 0 Å². The van der Waals surface area contributed by atoms with Crippen molar-refractivity contribution in [1.82, 2.24) is 4.98 Å². The molecule has 0 aliphatic rings. The highest BCUT2D eigenvalue weighted by molar-refractivity contribution is 5.11. The molecule has 0 saturated heterocycles. The maximum atomic E-state index is 3.28. The van der Waals surface area contributed by atoms with Gasteiger partial charge in [0, 0.05) is 11.4 Å². The van der Waals surface area contributed by atoms with Crippen LogP contribution in [0.1, 0.15) is 24.7 Å². The van der Waals surface area contributed by atoms with Crippen LogP contribution in [-0.4, -0.2) is 4.98 Å². The van der Waals surface area contributed by atoms with Crippen LogP contribution in [0, 0.1) is 6.92 Å². The van der Waals surface area contributed by atoms with Crippen molar-refractivity contribution in [1.29, 1.82) is 0 Å². The van der Waals surface area contributed by atoms with E-state index in [1.54, 1.807) is 0 Å². The highest BCUT2D eigenvalue weighted by Crippen LogP contribution is 2.01. The lowest BCUT2D eigenvalue weighted by Crippen LogP contribution is -1.81. The quantitative estimate of drug-likeness (QED) is 0.621.